The van der Waals surface area contributed by atoms with Gasteiger partial charge in [-0.2, -0.15) is 5.10 Å². The number of aromatic nitrogens is 3. The fraction of sp³-hybridized carbons (Fsp3) is 0.500. The molecule has 2 fully saturated rings. The Balaban J connectivity index is 1.18. The van der Waals surface area contributed by atoms with E-state index >= 15 is 0 Å². The van der Waals surface area contributed by atoms with Gasteiger partial charge in [-0.3, -0.25) is 9.80 Å². The third kappa shape index (κ3) is 2.96. The SMILES string of the molecule is CN(Cc1nccs1)[C@@H]1CC12CCN(Cc1cnn3ccccc13)CC2. The van der Waals surface area contributed by atoms with Gasteiger partial charge in [-0.15, -0.1) is 11.3 Å². The quantitative estimate of drug-likeness (QED) is 0.693. The summed E-state index contributed by atoms with van der Waals surface area (Å²) in [5, 5.41) is 7.78. The molecule has 0 aromatic carbocycles. The van der Waals surface area contributed by atoms with Crippen LogP contribution in [0.2, 0.25) is 0 Å². The molecule has 1 atom stereocenters. The van der Waals surface area contributed by atoms with E-state index in [0.29, 0.717) is 5.41 Å². The lowest BCUT2D eigenvalue weighted by Crippen LogP contribution is -2.37. The van der Waals surface area contributed by atoms with Gasteiger partial charge in [0.15, 0.2) is 0 Å². The minimum Gasteiger partial charge on any atom is -0.299 e. The first-order valence-corrected chi connectivity index (χ1v) is 10.3. The molecule has 5 nitrogen and oxygen atoms in total. The van der Waals surface area contributed by atoms with E-state index in [2.05, 4.69) is 44.4 Å². The van der Waals surface area contributed by atoms with Crippen molar-refractivity contribution in [1.29, 1.82) is 0 Å². The predicted molar refractivity (Wildman–Crippen MR) is 104 cm³/mol. The third-order valence-electron chi connectivity index (χ3n) is 6.30. The maximum atomic E-state index is 4.47. The van der Waals surface area contributed by atoms with Crippen LogP contribution in [0.15, 0.2) is 42.2 Å². The first-order chi connectivity index (χ1) is 12.7. The van der Waals surface area contributed by atoms with E-state index in [1.54, 1.807) is 11.3 Å². The summed E-state index contributed by atoms with van der Waals surface area (Å²) in [6.45, 7) is 4.41. The van der Waals surface area contributed by atoms with E-state index in [-0.39, 0.29) is 0 Å². The minimum absolute atomic E-state index is 0.559. The van der Waals surface area contributed by atoms with E-state index in [0.717, 1.165) is 19.1 Å². The van der Waals surface area contributed by atoms with Gasteiger partial charge in [0.05, 0.1) is 18.3 Å². The van der Waals surface area contributed by atoms with Crippen LogP contribution < -0.4 is 0 Å². The molecule has 2 aliphatic rings. The summed E-state index contributed by atoms with van der Waals surface area (Å²) in [6, 6.07) is 7.03. The molecule has 0 unspecified atom stereocenters. The third-order valence-corrected chi connectivity index (χ3v) is 7.06. The maximum Gasteiger partial charge on any atom is 0.107 e. The zero-order valence-electron chi connectivity index (χ0n) is 15.2. The first-order valence-electron chi connectivity index (χ1n) is 9.46. The largest absolute Gasteiger partial charge is 0.299 e. The summed E-state index contributed by atoms with van der Waals surface area (Å²) >= 11 is 1.77. The number of hydrogen-bond acceptors (Lipinski definition) is 5. The number of piperidine rings is 1. The van der Waals surface area contributed by atoms with Gasteiger partial charge < -0.3 is 0 Å². The number of fused-ring (bicyclic) bond motifs is 1. The van der Waals surface area contributed by atoms with Gasteiger partial charge in [0.2, 0.25) is 0 Å². The molecule has 3 aromatic rings. The van der Waals surface area contributed by atoms with E-state index in [1.807, 2.05) is 29.2 Å². The Morgan fingerprint density at radius 1 is 1.31 bits per heavy atom. The smallest absolute Gasteiger partial charge is 0.107 e. The normalized spacial score (nSPS) is 22.5. The van der Waals surface area contributed by atoms with Gasteiger partial charge in [0.25, 0.3) is 0 Å². The van der Waals surface area contributed by atoms with Gasteiger partial charge in [-0.05, 0) is 56.9 Å². The molecule has 0 N–H and O–H groups in total. The minimum atomic E-state index is 0.559. The van der Waals surface area contributed by atoms with Crippen molar-refractivity contribution in [1.82, 2.24) is 24.4 Å². The predicted octanol–water partition coefficient (Wildman–Crippen LogP) is 3.28. The molecule has 1 aliphatic carbocycles. The van der Waals surface area contributed by atoms with E-state index in [9.17, 15) is 0 Å². The van der Waals surface area contributed by atoms with Crippen molar-refractivity contribution in [2.75, 3.05) is 20.1 Å². The van der Waals surface area contributed by atoms with Crippen LogP contribution in [0.25, 0.3) is 5.52 Å². The number of rotatable bonds is 5. The highest BCUT2D eigenvalue weighted by Gasteiger charge is 2.56. The van der Waals surface area contributed by atoms with Gasteiger partial charge in [-0.25, -0.2) is 9.50 Å². The summed E-state index contributed by atoms with van der Waals surface area (Å²) in [6.07, 6.45) is 9.96. The van der Waals surface area contributed by atoms with Gasteiger partial charge in [0.1, 0.15) is 5.01 Å². The monoisotopic (exact) mass is 367 g/mol. The highest BCUT2D eigenvalue weighted by molar-refractivity contribution is 7.09. The van der Waals surface area contributed by atoms with Crippen LogP contribution in [0.5, 0.6) is 0 Å². The summed E-state index contributed by atoms with van der Waals surface area (Å²) in [5.74, 6) is 0. The molecule has 0 radical (unpaired) electrons. The molecule has 5 rings (SSSR count). The van der Waals surface area contributed by atoms with Crippen LogP contribution in [0, 0.1) is 5.41 Å². The topological polar surface area (TPSA) is 36.7 Å². The van der Waals surface area contributed by atoms with Crippen molar-refractivity contribution in [3.8, 4) is 0 Å². The summed E-state index contributed by atoms with van der Waals surface area (Å²) in [7, 11) is 2.27. The second-order valence-corrected chi connectivity index (χ2v) is 8.88. The molecule has 1 aliphatic heterocycles. The zero-order chi connectivity index (χ0) is 17.6. The number of thiazole rings is 1. The van der Waals surface area contributed by atoms with Crippen LogP contribution in [0.1, 0.15) is 29.8 Å². The first kappa shape index (κ1) is 16.4. The van der Waals surface area contributed by atoms with Crippen molar-refractivity contribution < 1.29 is 0 Å². The lowest BCUT2D eigenvalue weighted by Gasteiger charge is -2.34. The van der Waals surface area contributed by atoms with Crippen molar-refractivity contribution in [2.45, 2.75) is 38.4 Å². The van der Waals surface area contributed by atoms with Gasteiger partial charge in [0, 0.05) is 35.9 Å². The van der Waals surface area contributed by atoms with Crippen LogP contribution in [-0.2, 0) is 13.1 Å². The number of likely N-dealkylation sites (tertiary alicyclic amines) is 1. The van der Waals surface area contributed by atoms with Crippen molar-refractivity contribution >= 4 is 16.9 Å². The maximum absolute atomic E-state index is 4.47. The average molecular weight is 368 g/mol. The molecule has 6 heteroatoms. The number of nitrogens with zero attached hydrogens (tertiary/aromatic N) is 5. The Labute approximate surface area is 158 Å². The van der Waals surface area contributed by atoms with E-state index in [1.165, 1.54) is 48.4 Å². The number of hydrogen-bond donors (Lipinski definition) is 0. The fourth-order valence-electron chi connectivity index (χ4n) is 4.65. The Kier molecular flexibility index (Phi) is 4.07. The van der Waals surface area contributed by atoms with Gasteiger partial charge >= 0.3 is 0 Å². The molecule has 0 amide bonds. The molecular formula is C20H25N5S. The second kappa shape index (κ2) is 6.44. The van der Waals surface area contributed by atoms with Crippen LogP contribution in [-0.4, -0.2) is 50.6 Å². The number of pyridine rings is 1. The standard InChI is InChI=1S/C20H25N5S/c1-23(15-19-21-7-11-26-19)18-12-20(18)5-9-24(10-6-20)14-16-13-22-25-8-3-2-4-17(16)25/h2-4,7-8,11,13,18H,5-6,9-10,12,14-15H2,1H3/t18-/m1/s1. The Morgan fingerprint density at radius 3 is 3.00 bits per heavy atom. The molecule has 1 saturated heterocycles. The van der Waals surface area contributed by atoms with Crippen molar-refractivity contribution in [3.05, 3.63) is 52.7 Å². The summed E-state index contributed by atoms with van der Waals surface area (Å²) in [5.41, 5.74) is 3.14. The van der Waals surface area contributed by atoms with Crippen molar-refractivity contribution in [3.63, 3.8) is 0 Å². The van der Waals surface area contributed by atoms with E-state index in [4.69, 9.17) is 0 Å². The summed E-state index contributed by atoms with van der Waals surface area (Å²) < 4.78 is 1.98. The van der Waals surface area contributed by atoms with Crippen LogP contribution in [0.3, 0.4) is 0 Å². The molecule has 1 saturated carbocycles. The molecular weight excluding hydrogens is 342 g/mol. The zero-order valence-corrected chi connectivity index (χ0v) is 16.0. The fourth-order valence-corrected chi connectivity index (χ4v) is 5.33. The summed E-state index contributed by atoms with van der Waals surface area (Å²) in [4.78, 5) is 9.57. The lowest BCUT2D eigenvalue weighted by molar-refractivity contribution is 0.140. The highest BCUT2D eigenvalue weighted by Crippen LogP contribution is 2.56. The molecule has 26 heavy (non-hydrogen) atoms. The van der Waals surface area contributed by atoms with E-state index < -0.39 is 0 Å². The van der Waals surface area contributed by atoms with Crippen LogP contribution >= 0.6 is 11.3 Å². The molecule has 136 valence electrons. The Hall–Kier alpha value is -1.76. The Bertz CT molecular complexity index is 879. The molecule has 4 heterocycles. The average Bonchev–Trinajstić information content (AvgIpc) is 3.00. The Morgan fingerprint density at radius 2 is 2.19 bits per heavy atom. The molecule has 1 spiro atoms. The van der Waals surface area contributed by atoms with Crippen molar-refractivity contribution in [2.24, 2.45) is 5.41 Å². The lowest BCUT2D eigenvalue weighted by atomic mass is 9.92. The molecule has 0 bridgehead atoms. The molecule has 3 aromatic heterocycles. The van der Waals surface area contributed by atoms with Gasteiger partial charge in [-0.1, -0.05) is 6.07 Å². The second-order valence-electron chi connectivity index (χ2n) is 7.90. The highest BCUT2D eigenvalue weighted by atomic mass is 32.1. The van der Waals surface area contributed by atoms with Crippen LogP contribution in [0.4, 0.5) is 0 Å².